The van der Waals surface area contributed by atoms with Crippen LogP contribution in [0.15, 0.2) is 82.0 Å². The second-order valence-electron chi connectivity index (χ2n) is 7.10. The first-order chi connectivity index (χ1) is 16.1. The topological polar surface area (TPSA) is 56.5 Å². The molecule has 9 heteroatoms. The quantitative estimate of drug-likeness (QED) is 0.136. The van der Waals surface area contributed by atoms with Crippen LogP contribution in [0.3, 0.4) is 0 Å². The normalized spacial score (nSPS) is 11.8. The summed E-state index contributed by atoms with van der Waals surface area (Å²) in [6.07, 6.45) is -2.52. The van der Waals surface area contributed by atoms with Crippen LogP contribution >= 0.6 is 11.6 Å². The number of ether oxygens (including phenoxy) is 1. The van der Waals surface area contributed by atoms with Gasteiger partial charge in [-0.1, -0.05) is 35.9 Å². The third-order valence-electron chi connectivity index (χ3n) is 4.75. The molecule has 0 unspecified atom stereocenters. The van der Waals surface area contributed by atoms with Gasteiger partial charge in [-0.3, -0.25) is 4.79 Å². The highest BCUT2D eigenvalue weighted by Crippen LogP contribution is 2.38. The van der Waals surface area contributed by atoms with Crippen molar-refractivity contribution in [3.05, 3.63) is 105 Å². The van der Waals surface area contributed by atoms with Crippen LogP contribution in [-0.2, 0) is 11.0 Å². The number of carbonyl (C=O) groups excluding carboxylic acids is 1. The molecule has 0 atom stereocenters. The van der Waals surface area contributed by atoms with Gasteiger partial charge in [0.1, 0.15) is 17.1 Å². The van der Waals surface area contributed by atoms with Gasteiger partial charge in [-0.2, -0.15) is 13.2 Å². The highest BCUT2D eigenvalue weighted by atomic mass is 35.5. The Balaban J connectivity index is 1.70. The number of hydrogen-bond acceptors (Lipinski definition) is 4. The van der Waals surface area contributed by atoms with Gasteiger partial charge in [-0.05, 0) is 53.6 Å². The molecule has 0 radical (unpaired) electrons. The minimum absolute atomic E-state index is 0.00573. The smallest absolute Gasteiger partial charge is 0.450 e. The zero-order valence-electron chi connectivity index (χ0n) is 17.0. The van der Waals surface area contributed by atoms with Crippen LogP contribution < -0.4 is 10.2 Å². The van der Waals surface area contributed by atoms with Crippen molar-refractivity contribution in [1.29, 1.82) is 0 Å². The van der Waals surface area contributed by atoms with Crippen molar-refractivity contribution in [1.82, 2.24) is 0 Å². The predicted molar refractivity (Wildman–Crippen MR) is 119 cm³/mol. The first kappa shape index (κ1) is 23.3. The van der Waals surface area contributed by atoms with E-state index in [9.17, 15) is 27.2 Å². The third kappa shape index (κ3) is 5.02. The van der Waals surface area contributed by atoms with Gasteiger partial charge in [0.2, 0.25) is 11.2 Å². The first-order valence-electron chi connectivity index (χ1n) is 9.71. The lowest BCUT2D eigenvalue weighted by atomic mass is 10.0. The van der Waals surface area contributed by atoms with Crippen LogP contribution in [-0.4, -0.2) is 5.97 Å². The first-order valence-corrected chi connectivity index (χ1v) is 10.1. The number of esters is 1. The summed E-state index contributed by atoms with van der Waals surface area (Å²) < 4.78 is 64.4. The number of benzene rings is 3. The Kier molecular flexibility index (Phi) is 6.26. The lowest BCUT2D eigenvalue weighted by Crippen LogP contribution is -2.16. The molecule has 4 rings (SSSR count). The lowest BCUT2D eigenvalue weighted by Gasteiger charge is -2.13. The second kappa shape index (κ2) is 9.15. The van der Waals surface area contributed by atoms with Gasteiger partial charge in [0.05, 0.1) is 10.9 Å². The molecule has 4 aromatic rings. The van der Waals surface area contributed by atoms with E-state index in [1.165, 1.54) is 66.7 Å². The Morgan fingerprint density at radius 3 is 2.29 bits per heavy atom. The number of alkyl halides is 3. The molecule has 1 heterocycles. The Labute approximate surface area is 194 Å². The molecule has 3 aromatic carbocycles. The third-order valence-corrected chi connectivity index (χ3v) is 5.01. The molecule has 0 fully saturated rings. The van der Waals surface area contributed by atoms with Crippen molar-refractivity contribution in [3.63, 3.8) is 0 Å². The molecule has 0 N–H and O–H groups in total. The number of rotatable bonds is 4. The standard InChI is InChI=1S/C25H13ClF4O4/c26-16-6-4-15(5-7-16)22-23(32)19-11-10-18(13-20(19)34-24(22)25(28,29)30)33-21(31)12-3-14-1-8-17(27)9-2-14/h1-13H. The lowest BCUT2D eigenvalue weighted by molar-refractivity contribution is -0.152. The molecule has 0 aliphatic heterocycles. The summed E-state index contributed by atoms with van der Waals surface area (Å²) >= 11 is 5.80. The predicted octanol–water partition coefficient (Wildman–Crippen LogP) is 6.89. The van der Waals surface area contributed by atoms with Gasteiger partial charge >= 0.3 is 12.1 Å². The number of hydrogen-bond donors (Lipinski definition) is 0. The second-order valence-corrected chi connectivity index (χ2v) is 7.54. The molecule has 0 spiro atoms. The minimum Gasteiger partial charge on any atom is -0.450 e. The van der Waals surface area contributed by atoms with Crippen molar-refractivity contribution in [2.24, 2.45) is 0 Å². The Morgan fingerprint density at radius 1 is 0.971 bits per heavy atom. The van der Waals surface area contributed by atoms with Gasteiger partial charge in [-0.15, -0.1) is 0 Å². The van der Waals surface area contributed by atoms with E-state index in [0.717, 1.165) is 12.1 Å². The monoisotopic (exact) mass is 488 g/mol. The molecule has 0 saturated carbocycles. The zero-order valence-corrected chi connectivity index (χ0v) is 17.8. The minimum atomic E-state index is -4.97. The molecule has 1 aromatic heterocycles. The van der Waals surface area contributed by atoms with E-state index >= 15 is 0 Å². The van der Waals surface area contributed by atoms with Crippen molar-refractivity contribution in [3.8, 4) is 16.9 Å². The Morgan fingerprint density at radius 2 is 1.65 bits per heavy atom. The summed E-state index contributed by atoms with van der Waals surface area (Å²) in [6.45, 7) is 0. The van der Waals surface area contributed by atoms with Gasteiger partial charge in [0, 0.05) is 17.2 Å². The summed E-state index contributed by atoms with van der Waals surface area (Å²) in [5.41, 5.74) is -1.42. The van der Waals surface area contributed by atoms with Crippen molar-refractivity contribution in [2.75, 3.05) is 0 Å². The van der Waals surface area contributed by atoms with Gasteiger partial charge in [0.15, 0.2) is 0 Å². The maximum absolute atomic E-state index is 13.7. The highest BCUT2D eigenvalue weighted by Gasteiger charge is 2.39. The van der Waals surface area contributed by atoms with Crippen LogP contribution in [0.4, 0.5) is 17.6 Å². The maximum atomic E-state index is 13.7. The van der Waals surface area contributed by atoms with Crippen molar-refractivity contribution < 1.29 is 31.5 Å². The molecule has 0 bridgehead atoms. The van der Waals surface area contributed by atoms with Gasteiger partial charge in [0.25, 0.3) is 0 Å². The molecule has 34 heavy (non-hydrogen) atoms. The average molecular weight is 489 g/mol. The van der Waals surface area contributed by atoms with E-state index in [0.29, 0.717) is 10.6 Å². The van der Waals surface area contributed by atoms with Gasteiger partial charge in [-0.25, -0.2) is 9.18 Å². The molecule has 0 amide bonds. The largest absolute Gasteiger partial charge is 0.450 e. The molecule has 172 valence electrons. The molecule has 0 aliphatic carbocycles. The molecular weight excluding hydrogens is 476 g/mol. The van der Waals surface area contributed by atoms with Crippen molar-refractivity contribution in [2.45, 2.75) is 6.18 Å². The average Bonchev–Trinajstić information content (AvgIpc) is 2.79. The fraction of sp³-hybridized carbons (Fsp3) is 0.0400. The fourth-order valence-electron chi connectivity index (χ4n) is 3.20. The fourth-order valence-corrected chi connectivity index (χ4v) is 3.33. The van der Waals surface area contributed by atoms with E-state index in [1.54, 1.807) is 0 Å². The van der Waals surface area contributed by atoms with E-state index in [-0.39, 0.29) is 16.7 Å². The van der Waals surface area contributed by atoms with Crippen LogP contribution in [0.25, 0.3) is 28.2 Å². The summed E-state index contributed by atoms with van der Waals surface area (Å²) in [5.74, 6) is -2.88. The molecule has 0 saturated heterocycles. The van der Waals surface area contributed by atoms with E-state index < -0.39 is 40.3 Å². The van der Waals surface area contributed by atoms with E-state index in [1.807, 2.05) is 0 Å². The van der Waals surface area contributed by atoms with Crippen molar-refractivity contribution >= 4 is 34.6 Å². The number of carbonyl (C=O) groups is 1. The maximum Gasteiger partial charge on any atom is 0.450 e. The van der Waals surface area contributed by atoms with E-state index in [4.69, 9.17) is 20.8 Å². The number of fused-ring (bicyclic) bond motifs is 1. The summed E-state index contributed by atoms with van der Waals surface area (Å²) in [4.78, 5) is 25.0. The SMILES string of the molecule is O=C(C=Cc1ccc(F)cc1)Oc1ccc2c(=O)c(-c3ccc(Cl)cc3)c(C(F)(F)F)oc2c1. The highest BCUT2D eigenvalue weighted by molar-refractivity contribution is 6.30. The number of halogens is 5. The van der Waals surface area contributed by atoms with Crippen LogP contribution in [0.2, 0.25) is 5.02 Å². The summed E-state index contributed by atoms with van der Waals surface area (Å²) in [6, 6.07) is 14.1. The Bertz CT molecular complexity index is 1450. The molecule has 0 aliphatic rings. The molecule has 4 nitrogen and oxygen atoms in total. The van der Waals surface area contributed by atoms with Crippen LogP contribution in [0.1, 0.15) is 11.3 Å². The van der Waals surface area contributed by atoms with Crippen LogP contribution in [0.5, 0.6) is 5.75 Å². The molecular formula is C25H13ClF4O4. The van der Waals surface area contributed by atoms with Gasteiger partial charge < -0.3 is 9.15 Å². The summed E-state index contributed by atoms with van der Waals surface area (Å²) in [7, 11) is 0. The summed E-state index contributed by atoms with van der Waals surface area (Å²) in [5, 5.41) is 0.169. The van der Waals surface area contributed by atoms with Crippen LogP contribution in [0, 0.1) is 5.82 Å². The van der Waals surface area contributed by atoms with E-state index in [2.05, 4.69) is 0 Å². The zero-order chi connectivity index (χ0) is 24.5. The Hall–Kier alpha value is -3.91.